The van der Waals surface area contributed by atoms with Crippen molar-refractivity contribution in [1.82, 2.24) is 10.2 Å². The first-order valence-electron chi connectivity index (χ1n) is 8.52. The van der Waals surface area contributed by atoms with Gasteiger partial charge in [-0.25, -0.2) is 0 Å². The number of anilines is 1. The highest BCUT2D eigenvalue weighted by molar-refractivity contribution is 6.42. The predicted molar refractivity (Wildman–Crippen MR) is 111 cm³/mol. The lowest BCUT2D eigenvalue weighted by Gasteiger charge is -2.18. The summed E-state index contributed by atoms with van der Waals surface area (Å²) in [6.45, 7) is 3.42. The molecular formula is C20H21Cl2N3O3. The molecule has 28 heavy (non-hydrogen) atoms. The van der Waals surface area contributed by atoms with Crippen molar-refractivity contribution in [3.8, 4) is 0 Å². The smallest absolute Gasteiger partial charge is 0.251 e. The number of carbonyl (C=O) groups excluding carboxylic acids is 3. The van der Waals surface area contributed by atoms with E-state index in [1.165, 1.54) is 30.1 Å². The molecule has 0 aromatic heterocycles. The first kappa shape index (κ1) is 21.7. The number of halogens is 2. The molecule has 8 heteroatoms. The molecule has 0 atom stereocenters. The van der Waals surface area contributed by atoms with Crippen LogP contribution in [-0.2, 0) is 9.59 Å². The summed E-state index contributed by atoms with van der Waals surface area (Å²) in [5, 5.41) is 5.91. The molecule has 2 N–H and O–H groups in total. The number of likely N-dealkylation sites (N-methyl/N-ethyl adjacent to an activating group) is 1. The molecular weight excluding hydrogens is 401 g/mol. The average molecular weight is 422 g/mol. The van der Waals surface area contributed by atoms with Gasteiger partial charge >= 0.3 is 0 Å². The quantitative estimate of drug-likeness (QED) is 0.749. The number of rotatable bonds is 6. The first-order chi connectivity index (χ1) is 13.2. The van der Waals surface area contributed by atoms with Gasteiger partial charge in [-0.05, 0) is 43.2 Å². The number of hydrogen-bond donors (Lipinski definition) is 2. The van der Waals surface area contributed by atoms with E-state index < -0.39 is 11.8 Å². The van der Waals surface area contributed by atoms with Crippen molar-refractivity contribution in [3.63, 3.8) is 0 Å². The second kappa shape index (κ2) is 9.57. The molecule has 0 bridgehead atoms. The number of aryl methyl sites for hydroxylation is 2. The highest BCUT2D eigenvalue weighted by atomic mass is 35.5. The Balaban J connectivity index is 1.87. The number of carbonyl (C=O) groups is 3. The number of amides is 3. The number of para-hydroxylation sites is 1. The number of nitrogens with one attached hydrogen (secondary N) is 2. The van der Waals surface area contributed by atoms with Gasteiger partial charge in [0.1, 0.15) is 0 Å². The van der Waals surface area contributed by atoms with Gasteiger partial charge in [-0.2, -0.15) is 0 Å². The lowest BCUT2D eigenvalue weighted by molar-refractivity contribution is -0.132. The molecule has 0 aliphatic rings. The van der Waals surface area contributed by atoms with Gasteiger partial charge in [0.05, 0.1) is 23.1 Å². The van der Waals surface area contributed by atoms with E-state index in [0.717, 1.165) is 16.8 Å². The van der Waals surface area contributed by atoms with Crippen molar-refractivity contribution in [1.29, 1.82) is 0 Å². The molecule has 0 heterocycles. The molecule has 2 aromatic rings. The van der Waals surface area contributed by atoms with E-state index in [9.17, 15) is 14.4 Å². The SMILES string of the molecule is Cc1cccc(C)c1NC(=O)CN(C)C(=O)CNC(=O)c1ccc(Cl)c(Cl)c1. The van der Waals surface area contributed by atoms with Crippen LogP contribution in [0, 0.1) is 13.8 Å². The minimum atomic E-state index is -0.458. The summed E-state index contributed by atoms with van der Waals surface area (Å²) in [5.74, 6) is -1.17. The van der Waals surface area contributed by atoms with E-state index in [1.807, 2.05) is 32.0 Å². The van der Waals surface area contributed by atoms with Crippen molar-refractivity contribution < 1.29 is 14.4 Å². The Morgan fingerprint density at radius 3 is 2.25 bits per heavy atom. The average Bonchev–Trinajstić information content (AvgIpc) is 2.64. The zero-order valence-corrected chi connectivity index (χ0v) is 17.3. The van der Waals surface area contributed by atoms with Crippen molar-refractivity contribution in [2.45, 2.75) is 13.8 Å². The molecule has 6 nitrogen and oxygen atoms in total. The maximum Gasteiger partial charge on any atom is 0.251 e. The summed E-state index contributed by atoms with van der Waals surface area (Å²) >= 11 is 11.7. The standard InChI is InChI=1S/C20H21Cl2N3O3/c1-12-5-4-6-13(2)19(12)24-17(26)11-25(3)18(27)10-23-20(28)14-7-8-15(21)16(22)9-14/h4-9H,10-11H2,1-3H3,(H,23,28)(H,24,26). The molecule has 2 aromatic carbocycles. The molecule has 0 spiro atoms. The van der Waals surface area contributed by atoms with Gasteiger partial charge in [0.2, 0.25) is 11.8 Å². The van der Waals surface area contributed by atoms with Gasteiger partial charge in [-0.1, -0.05) is 41.4 Å². The Kier molecular flexibility index (Phi) is 7.43. The topological polar surface area (TPSA) is 78.5 Å². The summed E-state index contributed by atoms with van der Waals surface area (Å²) in [7, 11) is 1.50. The molecule has 148 valence electrons. The predicted octanol–water partition coefficient (Wildman–Crippen LogP) is 3.44. The van der Waals surface area contributed by atoms with Gasteiger partial charge in [0, 0.05) is 18.3 Å². The van der Waals surface area contributed by atoms with Gasteiger partial charge in [0.15, 0.2) is 0 Å². The third-order valence-corrected chi connectivity index (χ3v) is 4.87. The molecule has 0 aliphatic heterocycles. The minimum absolute atomic E-state index is 0.130. The van der Waals surface area contributed by atoms with Crippen LogP contribution in [0.1, 0.15) is 21.5 Å². The third kappa shape index (κ3) is 5.71. The van der Waals surface area contributed by atoms with Crippen LogP contribution < -0.4 is 10.6 Å². The normalized spacial score (nSPS) is 10.3. The third-order valence-electron chi connectivity index (χ3n) is 4.13. The van der Waals surface area contributed by atoms with Crippen LogP contribution >= 0.6 is 23.2 Å². The van der Waals surface area contributed by atoms with E-state index in [2.05, 4.69) is 10.6 Å². The van der Waals surface area contributed by atoms with Gasteiger partial charge in [-0.3, -0.25) is 14.4 Å². The Labute approximate surface area is 173 Å². The largest absolute Gasteiger partial charge is 0.343 e. The molecule has 2 rings (SSSR count). The zero-order valence-electron chi connectivity index (χ0n) is 15.8. The minimum Gasteiger partial charge on any atom is -0.343 e. The lowest BCUT2D eigenvalue weighted by atomic mass is 10.1. The van der Waals surface area contributed by atoms with Gasteiger partial charge in [0.25, 0.3) is 5.91 Å². The Bertz CT molecular complexity index is 895. The van der Waals surface area contributed by atoms with Crippen LogP contribution in [0.4, 0.5) is 5.69 Å². The molecule has 0 radical (unpaired) electrons. The maximum atomic E-state index is 12.2. The summed E-state index contributed by atoms with van der Waals surface area (Å²) < 4.78 is 0. The molecule has 0 saturated carbocycles. The second-order valence-electron chi connectivity index (χ2n) is 6.38. The fourth-order valence-corrected chi connectivity index (χ4v) is 2.82. The monoisotopic (exact) mass is 421 g/mol. The fourth-order valence-electron chi connectivity index (χ4n) is 2.52. The van der Waals surface area contributed by atoms with Gasteiger partial charge in [-0.15, -0.1) is 0 Å². The van der Waals surface area contributed by atoms with Crippen molar-refractivity contribution in [2.24, 2.45) is 0 Å². The summed E-state index contributed by atoms with van der Waals surface area (Å²) in [4.78, 5) is 37.8. The fraction of sp³-hybridized carbons (Fsp3) is 0.250. The number of nitrogens with zero attached hydrogens (tertiary/aromatic N) is 1. The van der Waals surface area contributed by atoms with Crippen molar-refractivity contribution in [3.05, 3.63) is 63.1 Å². The van der Waals surface area contributed by atoms with Crippen LogP contribution in [0.15, 0.2) is 36.4 Å². The Morgan fingerprint density at radius 1 is 1.00 bits per heavy atom. The zero-order chi connectivity index (χ0) is 20.8. The van der Waals surface area contributed by atoms with E-state index in [4.69, 9.17) is 23.2 Å². The van der Waals surface area contributed by atoms with Crippen LogP contribution in [0.3, 0.4) is 0 Å². The van der Waals surface area contributed by atoms with Crippen LogP contribution in [-0.4, -0.2) is 42.8 Å². The van der Waals surface area contributed by atoms with Crippen LogP contribution in [0.5, 0.6) is 0 Å². The molecule has 0 aliphatic carbocycles. The maximum absolute atomic E-state index is 12.2. The van der Waals surface area contributed by atoms with Crippen LogP contribution in [0.25, 0.3) is 0 Å². The highest BCUT2D eigenvalue weighted by Gasteiger charge is 2.16. The van der Waals surface area contributed by atoms with Gasteiger partial charge < -0.3 is 15.5 Å². The highest BCUT2D eigenvalue weighted by Crippen LogP contribution is 2.22. The number of benzene rings is 2. The van der Waals surface area contributed by atoms with E-state index in [0.29, 0.717) is 5.02 Å². The second-order valence-corrected chi connectivity index (χ2v) is 7.19. The Hall–Kier alpha value is -2.57. The Morgan fingerprint density at radius 2 is 1.64 bits per heavy atom. The molecule has 0 unspecified atom stereocenters. The molecule has 3 amide bonds. The first-order valence-corrected chi connectivity index (χ1v) is 9.28. The number of hydrogen-bond acceptors (Lipinski definition) is 3. The van der Waals surface area contributed by atoms with Crippen molar-refractivity contribution in [2.75, 3.05) is 25.5 Å². The summed E-state index contributed by atoms with van der Waals surface area (Å²) in [6.07, 6.45) is 0. The van der Waals surface area contributed by atoms with Crippen LogP contribution in [0.2, 0.25) is 10.0 Å². The molecule has 0 fully saturated rings. The summed E-state index contributed by atoms with van der Waals surface area (Å²) in [6, 6.07) is 10.1. The lowest BCUT2D eigenvalue weighted by Crippen LogP contribution is -2.41. The van der Waals surface area contributed by atoms with Crippen molar-refractivity contribution >= 4 is 46.6 Å². The van der Waals surface area contributed by atoms with E-state index >= 15 is 0 Å². The van der Waals surface area contributed by atoms with E-state index in [1.54, 1.807) is 0 Å². The summed E-state index contributed by atoms with van der Waals surface area (Å²) in [5.41, 5.74) is 2.91. The van der Waals surface area contributed by atoms with E-state index in [-0.39, 0.29) is 29.6 Å². The molecule has 0 saturated heterocycles.